The molecule has 0 unspecified atom stereocenters. The van der Waals surface area contributed by atoms with E-state index < -0.39 is 0 Å². The Bertz CT molecular complexity index is 481. The Morgan fingerprint density at radius 2 is 2.25 bits per heavy atom. The molecule has 0 radical (unpaired) electrons. The summed E-state index contributed by atoms with van der Waals surface area (Å²) in [6.45, 7) is 7.07. The summed E-state index contributed by atoms with van der Waals surface area (Å²) in [4.78, 5) is 4.38. The normalized spacial score (nSPS) is 9.75. The van der Waals surface area contributed by atoms with Gasteiger partial charge in [0.25, 0.3) is 0 Å². The summed E-state index contributed by atoms with van der Waals surface area (Å²) in [7, 11) is 0. The zero-order chi connectivity index (χ0) is 11.4. The van der Waals surface area contributed by atoms with Gasteiger partial charge in [-0.25, -0.2) is 14.7 Å². The Kier molecular flexibility index (Phi) is 2.77. The lowest BCUT2D eigenvalue weighted by Crippen LogP contribution is -2.09. The summed E-state index contributed by atoms with van der Waals surface area (Å²) < 4.78 is 1.67. The van der Waals surface area contributed by atoms with Crippen LogP contribution in [-0.4, -0.2) is 21.5 Å². The minimum Gasteiger partial charge on any atom is -0.224 e. The average molecular weight is 213 g/mol. The highest BCUT2D eigenvalue weighted by atomic mass is 15.5. The van der Waals surface area contributed by atoms with E-state index in [9.17, 15) is 0 Å². The molecule has 0 aliphatic heterocycles. The van der Waals surface area contributed by atoms with Gasteiger partial charge in [0, 0.05) is 25.3 Å². The SMILES string of the molecule is C=CN(N=C)c1cccc(-n2cccn2)n1. The fourth-order valence-corrected chi connectivity index (χ4v) is 1.30. The van der Waals surface area contributed by atoms with Crippen molar-refractivity contribution in [2.45, 2.75) is 0 Å². The van der Waals surface area contributed by atoms with Crippen LogP contribution in [0.3, 0.4) is 0 Å². The largest absolute Gasteiger partial charge is 0.224 e. The molecule has 0 atom stereocenters. The van der Waals surface area contributed by atoms with Gasteiger partial charge in [0.15, 0.2) is 11.6 Å². The van der Waals surface area contributed by atoms with E-state index in [1.807, 2.05) is 30.5 Å². The van der Waals surface area contributed by atoms with Crippen molar-refractivity contribution in [2.24, 2.45) is 5.10 Å². The van der Waals surface area contributed by atoms with Gasteiger partial charge in [0.2, 0.25) is 0 Å². The first-order chi connectivity index (χ1) is 7.85. The summed E-state index contributed by atoms with van der Waals surface area (Å²) in [5.74, 6) is 1.37. The molecule has 5 nitrogen and oxygen atoms in total. The van der Waals surface area contributed by atoms with E-state index in [0.717, 1.165) is 5.82 Å². The minimum absolute atomic E-state index is 0.651. The molecule has 0 aliphatic rings. The molecule has 0 fully saturated rings. The van der Waals surface area contributed by atoms with Crippen molar-refractivity contribution in [3.63, 3.8) is 0 Å². The van der Waals surface area contributed by atoms with Crippen molar-refractivity contribution in [2.75, 3.05) is 5.01 Å². The van der Waals surface area contributed by atoms with Crippen LogP contribution in [0.15, 0.2) is 54.5 Å². The van der Waals surface area contributed by atoms with Crippen molar-refractivity contribution in [1.29, 1.82) is 0 Å². The molecule has 2 heterocycles. The van der Waals surface area contributed by atoms with E-state index in [4.69, 9.17) is 0 Å². The van der Waals surface area contributed by atoms with Gasteiger partial charge in [0.1, 0.15) is 0 Å². The molecule has 0 amide bonds. The molecule has 0 saturated carbocycles. The highest BCUT2D eigenvalue weighted by Gasteiger charge is 2.03. The van der Waals surface area contributed by atoms with Crippen LogP contribution in [0.1, 0.15) is 0 Å². The zero-order valence-corrected chi connectivity index (χ0v) is 8.69. The predicted molar refractivity (Wildman–Crippen MR) is 63.6 cm³/mol. The Hall–Kier alpha value is -2.43. The van der Waals surface area contributed by atoms with Crippen LogP contribution < -0.4 is 5.01 Å². The number of rotatable bonds is 4. The van der Waals surface area contributed by atoms with Crippen molar-refractivity contribution in [1.82, 2.24) is 14.8 Å². The van der Waals surface area contributed by atoms with E-state index in [1.54, 1.807) is 17.1 Å². The number of hydrogen-bond acceptors (Lipinski definition) is 4. The smallest absolute Gasteiger partial charge is 0.155 e. The van der Waals surface area contributed by atoms with Crippen molar-refractivity contribution in [3.05, 3.63) is 49.4 Å². The number of aromatic nitrogens is 3. The Balaban J connectivity index is 2.40. The van der Waals surface area contributed by atoms with Crippen LogP contribution in [0.4, 0.5) is 5.82 Å². The topological polar surface area (TPSA) is 46.3 Å². The van der Waals surface area contributed by atoms with E-state index in [0.29, 0.717) is 5.82 Å². The minimum atomic E-state index is 0.651. The molecule has 80 valence electrons. The quantitative estimate of drug-likeness (QED) is 0.575. The second kappa shape index (κ2) is 4.39. The third kappa shape index (κ3) is 1.83. The molecule has 16 heavy (non-hydrogen) atoms. The fourth-order valence-electron chi connectivity index (χ4n) is 1.30. The summed E-state index contributed by atoms with van der Waals surface area (Å²) in [5, 5.41) is 9.37. The second-order valence-electron chi connectivity index (χ2n) is 2.97. The van der Waals surface area contributed by atoms with Gasteiger partial charge in [-0.2, -0.15) is 10.2 Å². The van der Waals surface area contributed by atoms with E-state index in [-0.39, 0.29) is 0 Å². The molecule has 2 rings (SSSR count). The summed E-state index contributed by atoms with van der Waals surface area (Å²) in [6, 6.07) is 7.40. The lowest BCUT2D eigenvalue weighted by Gasteiger charge is -2.12. The number of pyridine rings is 1. The van der Waals surface area contributed by atoms with Gasteiger partial charge in [-0.3, -0.25) is 0 Å². The van der Waals surface area contributed by atoms with Gasteiger partial charge in [-0.05, 0) is 18.2 Å². The summed E-state index contributed by atoms with van der Waals surface area (Å²) in [6.07, 6.45) is 5.07. The number of hydrogen-bond donors (Lipinski definition) is 0. The first kappa shape index (κ1) is 10.1. The van der Waals surface area contributed by atoms with Crippen molar-refractivity contribution < 1.29 is 0 Å². The highest BCUT2D eigenvalue weighted by Crippen LogP contribution is 2.13. The third-order valence-corrected chi connectivity index (χ3v) is 2.02. The third-order valence-electron chi connectivity index (χ3n) is 2.02. The lowest BCUT2D eigenvalue weighted by atomic mass is 10.4. The molecule has 2 aromatic heterocycles. The fraction of sp³-hybridized carbons (Fsp3) is 0. The summed E-state index contributed by atoms with van der Waals surface area (Å²) >= 11 is 0. The lowest BCUT2D eigenvalue weighted by molar-refractivity contribution is 0.842. The maximum Gasteiger partial charge on any atom is 0.155 e. The van der Waals surface area contributed by atoms with Crippen molar-refractivity contribution >= 4 is 12.5 Å². The van der Waals surface area contributed by atoms with E-state index in [2.05, 4.69) is 28.5 Å². The average Bonchev–Trinajstić information content (AvgIpc) is 2.85. The van der Waals surface area contributed by atoms with Crippen LogP contribution in [0, 0.1) is 0 Å². The molecule has 2 aromatic rings. The first-order valence-corrected chi connectivity index (χ1v) is 4.70. The maximum atomic E-state index is 4.38. The molecule has 0 aliphatic carbocycles. The maximum absolute atomic E-state index is 4.38. The predicted octanol–water partition coefficient (Wildman–Crippen LogP) is 1.83. The van der Waals surface area contributed by atoms with Gasteiger partial charge in [-0.1, -0.05) is 12.6 Å². The Labute approximate surface area is 93.3 Å². The van der Waals surface area contributed by atoms with E-state index in [1.165, 1.54) is 5.01 Å². The Morgan fingerprint density at radius 1 is 1.38 bits per heavy atom. The molecular formula is C11H11N5. The summed E-state index contributed by atoms with van der Waals surface area (Å²) in [5.41, 5.74) is 0. The van der Waals surface area contributed by atoms with E-state index >= 15 is 0 Å². The molecule has 0 bridgehead atoms. The molecule has 0 saturated heterocycles. The number of hydrazone groups is 1. The first-order valence-electron chi connectivity index (χ1n) is 4.70. The van der Waals surface area contributed by atoms with Gasteiger partial charge in [0.05, 0.1) is 0 Å². The highest BCUT2D eigenvalue weighted by molar-refractivity contribution is 5.46. The second-order valence-corrected chi connectivity index (χ2v) is 2.97. The molecule has 0 N–H and O–H groups in total. The standard InChI is InChI=1S/C11H11N5/c1-3-15(12-2)10-6-4-7-11(14-10)16-9-5-8-13-16/h3-9H,1-2H2. The Morgan fingerprint density at radius 3 is 2.88 bits per heavy atom. The molecule has 0 aromatic carbocycles. The van der Waals surface area contributed by atoms with Crippen LogP contribution in [0.2, 0.25) is 0 Å². The molecular weight excluding hydrogens is 202 g/mol. The zero-order valence-electron chi connectivity index (χ0n) is 8.69. The molecule has 5 heteroatoms. The van der Waals surface area contributed by atoms with Gasteiger partial charge < -0.3 is 0 Å². The van der Waals surface area contributed by atoms with Crippen LogP contribution in [0.25, 0.3) is 5.82 Å². The molecule has 0 spiro atoms. The van der Waals surface area contributed by atoms with Crippen LogP contribution in [0.5, 0.6) is 0 Å². The van der Waals surface area contributed by atoms with Gasteiger partial charge in [-0.15, -0.1) is 0 Å². The monoisotopic (exact) mass is 213 g/mol. The van der Waals surface area contributed by atoms with Crippen LogP contribution in [-0.2, 0) is 0 Å². The number of nitrogens with zero attached hydrogens (tertiary/aromatic N) is 5. The van der Waals surface area contributed by atoms with Crippen molar-refractivity contribution in [3.8, 4) is 5.82 Å². The number of anilines is 1. The van der Waals surface area contributed by atoms with Gasteiger partial charge >= 0.3 is 0 Å². The van der Waals surface area contributed by atoms with Crippen LogP contribution >= 0.6 is 0 Å².